The van der Waals surface area contributed by atoms with Crippen molar-refractivity contribution in [2.45, 2.75) is 52.0 Å². The molecule has 0 aliphatic carbocycles. The van der Waals surface area contributed by atoms with Crippen LogP contribution in [0.4, 0.5) is 0 Å². The van der Waals surface area contributed by atoms with Crippen molar-refractivity contribution < 1.29 is 8.60 Å². The Morgan fingerprint density at radius 1 is 1.30 bits per heavy atom. The van der Waals surface area contributed by atoms with E-state index in [1.807, 2.05) is 45.0 Å². The molecule has 0 spiro atoms. The number of allylic oxidation sites excluding steroid dienone is 4. The number of rotatable bonds is 10. The molecule has 0 atom stereocenters. The second-order valence-electron chi connectivity index (χ2n) is 6.68. The van der Waals surface area contributed by atoms with Gasteiger partial charge < -0.3 is 8.60 Å². The fourth-order valence-corrected chi connectivity index (χ4v) is 4.23. The predicted molar refractivity (Wildman–Crippen MR) is 143 cm³/mol. The SMILES string of the molecule is C=C/C(C)=C\C(=C/C)CSc1oc2ccccc2c(=O)c1C.CCCCCOSI. The van der Waals surface area contributed by atoms with Gasteiger partial charge in [0.25, 0.3) is 0 Å². The fourth-order valence-electron chi connectivity index (χ4n) is 2.50. The van der Waals surface area contributed by atoms with Crippen LogP contribution < -0.4 is 5.43 Å². The summed E-state index contributed by atoms with van der Waals surface area (Å²) in [5.41, 5.74) is 3.65. The molecule has 0 saturated carbocycles. The predicted octanol–water partition coefficient (Wildman–Crippen LogP) is 8.46. The van der Waals surface area contributed by atoms with E-state index in [9.17, 15) is 4.79 Å². The van der Waals surface area contributed by atoms with Gasteiger partial charge in [0.05, 0.1) is 21.2 Å². The summed E-state index contributed by atoms with van der Waals surface area (Å²) in [6, 6.07) is 7.36. The van der Waals surface area contributed by atoms with Crippen molar-refractivity contribution in [2.75, 3.05) is 12.4 Å². The Morgan fingerprint density at radius 3 is 2.67 bits per heavy atom. The van der Waals surface area contributed by atoms with Crippen molar-refractivity contribution in [2.24, 2.45) is 0 Å². The maximum absolute atomic E-state index is 12.4. The number of unbranched alkanes of at least 4 members (excludes halogenated alkanes) is 2. The third-order valence-electron chi connectivity index (χ3n) is 4.33. The lowest BCUT2D eigenvalue weighted by molar-refractivity contribution is 0.364. The van der Waals surface area contributed by atoms with Gasteiger partial charge in [-0.05, 0) is 44.9 Å². The molecule has 164 valence electrons. The minimum atomic E-state index is 0.0455. The van der Waals surface area contributed by atoms with Crippen molar-refractivity contribution in [3.63, 3.8) is 0 Å². The van der Waals surface area contributed by atoms with Crippen molar-refractivity contribution in [3.05, 3.63) is 76.0 Å². The molecule has 30 heavy (non-hydrogen) atoms. The van der Waals surface area contributed by atoms with Crippen LogP contribution >= 0.6 is 42.2 Å². The van der Waals surface area contributed by atoms with Crippen molar-refractivity contribution in [3.8, 4) is 0 Å². The van der Waals surface area contributed by atoms with Gasteiger partial charge in [-0.3, -0.25) is 4.79 Å². The number of hydrogen-bond acceptors (Lipinski definition) is 5. The minimum Gasteiger partial charge on any atom is -0.449 e. The van der Waals surface area contributed by atoms with E-state index in [1.54, 1.807) is 17.8 Å². The third kappa shape index (κ3) is 9.45. The summed E-state index contributed by atoms with van der Waals surface area (Å²) in [5, 5.41) is 1.32. The Morgan fingerprint density at radius 2 is 2.03 bits per heavy atom. The highest BCUT2D eigenvalue weighted by atomic mass is 127. The Kier molecular flexibility index (Phi) is 14.2. The zero-order valence-corrected chi connectivity index (χ0v) is 22.0. The highest BCUT2D eigenvalue weighted by Crippen LogP contribution is 2.26. The zero-order valence-electron chi connectivity index (χ0n) is 18.2. The molecule has 0 amide bonds. The Labute approximate surface area is 201 Å². The van der Waals surface area contributed by atoms with E-state index in [0.717, 1.165) is 17.9 Å². The normalized spacial score (nSPS) is 11.9. The van der Waals surface area contributed by atoms with Gasteiger partial charge in [0.1, 0.15) is 5.58 Å². The van der Waals surface area contributed by atoms with E-state index in [1.165, 1.54) is 34.0 Å². The lowest BCUT2D eigenvalue weighted by Gasteiger charge is -2.07. The zero-order chi connectivity index (χ0) is 22.4. The summed E-state index contributed by atoms with van der Waals surface area (Å²) in [6.07, 6.45) is 9.75. The average molecular weight is 559 g/mol. The number of para-hydroxylation sites is 1. The van der Waals surface area contributed by atoms with Crippen LogP contribution in [-0.2, 0) is 4.18 Å². The monoisotopic (exact) mass is 558 g/mol. The molecule has 0 unspecified atom stereocenters. The molecule has 0 bridgehead atoms. The largest absolute Gasteiger partial charge is 0.449 e. The van der Waals surface area contributed by atoms with E-state index < -0.39 is 0 Å². The van der Waals surface area contributed by atoms with Crippen molar-refractivity contribution >= 4 is 53.2 Å². The van der Waals surface area contributed by atoms with Crippen molar-refractivity contribution in [1.82, 2.24) is 0 Å². The Bertz CT molecular complexity index is 910. The molecule has 6 heteroatoms. The van der Waals surface area contributed by atoms with E-state index in [4.69, 9.17) is 8.60 Å². The Hall–Kier alpha value is -0.960. The average Bonchev–Trinajstić information content (AvgIpc) is 2.77. The quantitative estimate of drug-likeness (QED) is 0.0962. The van der Waals surface area contributed by atoms with Gasteiger partial charge >= 0.3 is 0 Å². The fraction of sp³-hybridized carbons (Fsp3) is 0.375. The van der Waals surface area contributed by atoms with Crippen LogP contribution in [0.15, 0.2) is 74.5 Å². The summed E-state index contributed by atoms with van der Waals surface area (Å²) in [4.78, 5) is 12.4. The molecule has 3 nitrogen and oxygen atoms in total. The van der Waals surface area contributed by atoms with Gasteiger partial charge in [-0.1, -0.05) is 74.0 Å². The summed E-state index contributed by atoms with van der Waals surface area (Å²) >= 11 is 3.68. The lowest BCUT2D eigenvalue weighted by Crippen LogP contribution is -2.06. The second kappa shape index (κ2) is 15.8. The molecule has 0 aliphatic heterocycles. The van der Waals surface area contributed by atoms with Gasteiger partial charge in [-0.2, -0.15) is 0 Å². The molecule has 2 rings (SSSR count). The van der Waals surface area contributed by atoms with Crippen LogP contribution in [0.5, 0.6) is 0 Å². The highest BCUT2D eigenvalue weighted by Gasteiger charge is 2.11. The molecule has 0 aliphatic rings. The first-order chi connectivity index (χ1) is 14.5. The number of thioether (sulfide) groups is 1. The van der Waals surface area contributed by atoms with Gasteiger partial charge in [0.2, 0.25) is 0 Å². The van der Waals surface area contributed by atoms with Crippen LogP contribution in [0.1, 0.15) is 45.6 Å². The summed E-state index contributed by atoms with van der Waals surface area (Å²) < 4.78 is 10.9. The van der Waals surface area contributed by atoms with E-state index in [2.05, 4.69) is 46.9 Å². The minimum absolute atomic E-state index is 0.0455. The molecule has 0 fully saturated rings. The smallest absolute Gasteiger partial charge is 0.196 e. The van der Waals surface area contributed by atoms with Crippen LogP contribution in [0.25, 0.3) is 11.0 Å². The first-order valence-electron chi connectivity index (χ1n) is 9.99. The van der Waals surface area contributed by atoms with E-state index >= 15 is 0 Å². The summed E-state index contributed by atoms with van der Waals surface area (Å²) in [5.74, 6) is 0.754. The van der Waals surface area contributed by atoms with Gasteiger partial charge in [-0.15, -0.1) is 0 Å². The maximum atomic E-state index is 12.4. The molecule has 0 radical (unpaired) electrons. The molecule has 2 aromatic rings. The first kappa shape index (κ1) is 27.1. The van der Waals surface area contributed by atoms with Crippen molar-refractivity contribution in [1.29, 1.82) is 0 Å². The molecule has 0 N–H and O–H groups in total. The van der Waals surface area contributed by atoms with E-state index in [-0.39, 0.29) is 5.43 Å². The highest BCUT2D eigenvalue weighted by molar-refractivity contribution is 14.2. The molecule has 1 aromatic heterocycles. The number of fused-ring (bicyclic) bond motifs is 1. The Balaban J connectivity index is 0.000000479. The van der Waals surface area contributed by atoms with E-state index in [0.29, 0.717) is 21.6 Å². The lowest BCUT2D eigenvalue weighted by atomic mass is 10.2. The number of benzene rings is 1. The molecular formula is C24H31IO3S2. The van der Waals surface area contributed by atoms with Crippen LogP contribution in [0, 0.1) is 6.92 Å². The third-order valence-corrected chi connectivity index (χ3v) is 6.48. The molecule has 1 heterocycles. The van der Waals surface area contributed by atoms with Gasteiger partial charge in [0, 0.05) is 32.5 Å². The van der Waals surface area contributed by atoms with Crippen LogP contribution in [0.3, 0.4) is 0 Å². The van der Waals surface area contributed by atoms with Gasteiger partial charge in [0.15, 0.2) is 10.5 Å². The standard InChI is InChI=1S/C19H20O2S.C5H11IOS/c1-5-13(3)11-15(6-2)12-22-19-14(4)18(20)16-9-7-8-10-17(16)21-19;1-2-3-4-5-7-8-6/h5-11H,1,12H2,2-4H3;2-5H2,1H3/b13-11-,15-6+;. The van der Waals surface area contributed by atoms with Gasteiger partial charge in [-0.25, -0.2) is 0 Å². The van der Waals surface area contributed by atoms with Crippen LogP contribution in [-0.4, -0.2) is 12.4 Å². The maximum Gasteiger partial charge on any atom is 0.196 e. The second-order valence-corrected chi connectivity index (χ2v) is 9.07. The topological polar surface area (TPSA) is 39.4 Å². The first-order valence-corrected chi connectivity index (χ1v) is 14.3. The molecular weight excluding hydrogens is 527 g/mol. The summed E-state index contributed by atoms with van der Waals surface area (Å²) in [6.45, 7) is 12.7. The molecule has 0 saturated heterocycles. The number of hydrogen-bond donors (Lipinski definition) is 0. The van der Waals surface area contributed by atoms with Crippen LogP contribution in [0.2, 0.25) is 0 Å². The number of halogens is 1. The summed E-state index contributed by atoms with van der Waals surface area (Å²) in [7, 11) is 1.42. The molecule has 1 aromatic carbocycles.